The van der Waals surface area contributed by atoms with E-state index in [0.717, 1.165) is 17.6 Å². The molecule has 1 aliphatic heterocycles. The Bertz CT molecular complexity index is 441. The Morgan fingerprint density at radius 3 is 2.71 bits per heavy atom. The first-order valence-corrected chi connectivity index (χ1v) is 6.05. The fourth-order valence-corrected chi connectivity index (χ4v) is 2.29. The number of hydrogen-bond donors (Lipinski definition) is 0. The number of ether oxygens (including phenoxy) is 1. The van der Waals surface area contributed by atoms with Crippen LogP contribution in [0.25, 0.3) is 0 Å². The molecule has 0 fully saturated rings. The van der Waals surface area contributed by atoms with Crippen molar-refractivity contribution in [3.63, 3.8) is 0 Å². The summed E-state index contributed by atoms with van der Waals surface area (Å²) in [6.45, 7) is 8.37. The number of hydrogen-bond acceptors (Lipinski definition) is 3. The normalized spacial score (nSPS) is 26.8. The van der Waals surface area contributed by atoms with Crippen LogP contribution >= 0.6 is 0 Å². The van der Waals surface area contributed by atoms with Crippen LogP contribution in [0.15, 0.2) is 28.3 Å². The number of aliphatic imine (C=N–C) groups is 1. The number of ketones is 1. The van der Waals surface area contributed by atoms with Crippen molar-refractivity contribution >= 4 is 11.7 Å². The molecule has 2 rings (SSSR count). The third-order valence-corrected chi connectivity index (χ3v) is 3.23. The molecular formula is C14H19NO2. The second-order valence-corrected chi connectivity index (χ2v) is 5.35. The predicted molar refractivity (Wildman–Crippen MR) is 68.1 cm³/mol. The molecule has 0 aromatic carbocycles. The molecule has 1 aliphatic carbocycles. The van der Waals surface area contributed by atoms with Gasteiger partial charge in [0.05, 0.1) is 5.54 Å². The van der Waals surface area contributed by atoms with Gasteiger partial charge >= 0.3 is 0 Å². The van der Waals surface area contributed by atoms with Crippen LogP contribution in [0.3, 0.4) is 0 Å². The van der Waals surface area contributed by atoms with Crippen molar-refractivity contribution in [2.45, 2.75) is 39.7 Å². The van der Waals surface area contributed by atoms with E-state index in [2.05, 4.69) is 24.9 Å². The van der Waals surface area contributed by atoms with E-state index in [-0.39, 0.29) is 17.2 Å². The molecule has 0 saturated carbocycles. The van der Waals surface area contributed by atoms with Gasteiger partial charge in [-0.15, -0.1) is 0 Å². The van der Waals surface area contributed by atoms with Crippen LogP contribution in [0.1, 0.15) is 34.1 Å². The maximum absolute atomic E-state index is 11.5. The molecule has 1 heterocycles. The molecule has 2 aliphatic rings. The zero-order valence-corrected chi connectivity index (χ0v) is 10.9. The summed E-state index contributed by atoms with van der Waals surface area (Å²) in [5.41, 5.74) is 1.79. The molecule has 0 aromatic rings. The van der Waals surface area contributed by atoms with Gasteiger partial charge in [0, 0.05) is 11.5 Å². The molecule has 17 heavy (non-hydrogen) atoms. The van der Waals surface area contributed by atoms with E-state index >= 15 is 0 Å². The maximum Gasteiger partial charge on any atom is 0.212 e. The van der Waals surface area contributed by atoms with Gasteiger partial charge < -0.3 is 4.74 Å². The second-order valence-electron chi connectivity index (χ2n) is 5.35. The first kappa shape index (κ1) is 12.1. The summed E-state index contributed by atoms with van der Waals surface area (Å²) in [4.78, 5) is 16.1. The number of Topliss-reactive ketones (excluding diaryl/α,β-unsaturated/α-hetero) is 1. The minimum atomic E-state index is -0.145. The summed E-state index contributed by atoms with van der Waals surface area (Å²) in [5.74, 6) is 0.948. The van der Waals surface area contributed by atoms with Crippen LogP contribution < -0.4 is 0 Å². The molecule has 3 heteroatoms. The third kappa shape index (κ3) is 2.33. The molecule has 0 aromatic heterocycles. The Labute approximate surface area is 102 Å². The molecular weight excluding hydrogens is 214 g/mol. The lowest BCUT2D eigenvalue weighted by Gasteiger charge is -2.20. The van der Waals surface area contributed by atoms with Gasteiger partial charge in [0.1, 0.15) is 6.61 Å². The quantitative estimate of drug-likeness (QED) is 0.735. The Hall–Kier alpha value is -1.38. The monoisotopic (exact) mass is 233 g/mol. The third-order valence-electron chi connectivity index (χ3n) is 3.23. The Balaban J connectivity index is 2.25. The molecule has 0 spiro atoms. The van der Waals surface area contributed by atoms with E-state index in [1.165, 1.54) is 0 Å². The Kier molecular flexibility index (Phi) is 2.94. The Morgan fingerprint density at radius 2 is 2.18 bits per heavy atom. The van der Waals surface area contributed by atoms with Crippen LogP contribution in [0.4, 0.5) is 0 Å². The van der Waals surface area contributed by atoms with Gasteiger partial charge in [-0.1, -0.05) is 19.1 Å². The summed E-state index contributed by atoms with van der Waals surface area (Å²) >= 11 is 0. The van der Waals surface area contributed by atoms with Crippen LogP contribution in [-0.2, 0) is 9.53 Å². The average molecular weight is 233 g/mol. The SMILES string of the molecule is CC(=O)C1=CCC=C(C2=NC(C)(C)CO2)C1C. The summed E-state index contributed by atoms with van der Waals surface area (Å²) in [6.07, 6.45) is 4.89. The van der Waals surface area contributed by atoms with Gasteiger partial charge in [-0.05, 0) is 32.8 Å². The molecule has 92 valence electrons. The zero-order valence-electron chi connectivity index (χ0n) is 10.9. The minimum absolute atomic E-state index is 0.0916. The van der Waals surface area contributed by atoms with Gasteiger partial charge in [-0.3, -0.25) is 4.79 Å². The fourth-order valence-electron chi connectivity index (χ4n) is 2.29. The highest BCUT2D eigenvalue weighted by atomic mass is 16.5. The summed E-state index contributed by atoms with van der Waals surface area (Å²) in [5, 5.41) is 0. The molecule has 0 amide bonds. The van der Waals surface area contributed by atoms with Gasteiger partial charge in [0.25, 0.3) is 0 Å². The number of carbonyl (C=O) groups is 1. The van der Waals surface area contributed by atoms with Crippen LogP contribution in [0.2, 0.25) is 0 Å². The fraction of sp³-hybridized carbons (Fsp3) is 0.571. The molecule has 1 unspecified atom stereocenters. The lowest BCUT2D eigenvalue weighted by Crippen LogP contribution is -2.19. The molecule has 3 nitrogen and oxygen atoms in total. The molecule has 0 bridgehead atoms. The molecule has 1 atom stereocenters. The van der Waals surface area contributed by atoms with E-state index in [0.29, 0.717) is 12.5 Å². The average Bonchev–Trinajstić information content (AvgIpc) is 2.58. The largest absolute Gasteiger partial charge is 0.475 e. The van der Waals surface area contributed by atoms with Gasteiger partial charge in [-0.25, -0.2) is 4.99 Å². The summed E-state index contributed by atoms with van der Waals surface area (Å²) in [7, 11) is 0. The standard InChI is InChI=1S/C14H19NO2/c1-9-11(10(2)16)6-5-7-12(9)13-15-14(3,4)8-17-13/h6-7,9H,5,8H2,1-4H3. The van der Waals surface area contributed by atoms with Gasteiger partial charge in [0.2, 0.25) is 5.90 Å². The van der Waals surface area contributed by atoms with E-state index in [4.69, 9.17) is 4.74 Å². The second kappa shape index (κ2) is 4.13. The number of carbonyl (C=O) groups excluding carboxylic acids is 1. The van der Waals surface area contributed by atoms with Crippen LogP contribution in [0, 0.1) is 5.92 Å². The number of allylic oxidation sites excluding steroid dienone is 3. The van der Waals surface area contributed by atoms with Gasteiger partial charge in [0.15, 0.2) is 5.78 Å². The van der Waals surface area contributed by atoms with Crippen molar-refractivity contribution < 1.29 is 9.53 Å². The van der Waals surface area contributed by atoms with Crippen molar-refractivity contribution in [3.05, 3.63) is 23.3 Å². The maximum atomic E-state index is 11.5. The highest BCUT2D eigenvalue weighted by Gasteiger charge is 2.32. The highest BCUT2D eigenvalue weighted by molar-refractivity contribution is 6.01. The zero-order chi connectivity index (χ0) is 12.6. The van der Waals surface area contributed by atoms with E-state index in [1.54, 1.807) is 6.92 Å². The summed E-state index contributed by atoms with van der Waals surface area (Å²) in [6, 6.07) is 0. The van der Waals surface area contributed by atoms with Crippen LogP contribution in [-0.4, -0.2) is 23.8 Å². The minimum Gasteiger partial charge on any atom is -0.475 e. The van der Waals surface area contributed by atoms with Crippen molar-refractivity contribution in [2.75, 3.05) is 6.61 Å². The van der Waals surface area contributed by atoms with E-state index < -0.39 is 0 Å². The van der Waals surface area contributed by atoms with Crippen molar-refractivity contribution in [1.82, 2.24) is 0 Å². The smallest absolute Gasteiger partial charge is 0.212 e. The summed E-state index contributed by atoms with van der Waals surface area (Å²) < 4.78 is 5.65. The molecule has 0 N–H and O–H groups in total. The van der Waals surface area contributed by atoms with Crippen molar-refractivity contribution in [3.8, 4) is 0 Å². The number of nitrogens with zero attached hydrogens (tertiary/aromatic N) is 1. The predicted octanol–water partition coefficient (Wildman–Crippen LogP) is 2.68. The topological polar surface area (TPSA) is 38.7 Å². The number of rotatable bonds is 2. The lowest BCUT2D eigenvalue weighted by molar-refractivity contribution is -0.114. The molecule has 0 radical (unpaired) electrons. The van der Waals surface area contributed by atoms with E-state index in [9.17, 15) is 4.79 Å². The van der Waals surface area contributed by atoms with Crippen molar-refractivity contribution in [2.24, 2.45) is 10.9 Å². The van der Waals surface area contributed by atoms with Gasteiger partial charge in [-0.2, -0.15) is 0 Å². The first-order chi connectivity index (χ1) is 7.91. The van der Waals surface area contributed by atoms with E-state index in [1.807, 2.05) is 13.0 Å². The highest BCUT2D eigenvalue weighted by Crippen LogP contribution is 2.31. The van der Waals surface area contributed by atoms with Crippen LogP contribution in [0.5, 0.6) is 0 Å². The molecule has 0 saturated heterocycles. The lowest BCUT2D eigenvalue weighted by atomic mass is 9.85. The Morgan fingerprint density at radius 1 is 1.47 bits per heavy atom. The van der Waals surface area contributed by atoms with Crippen molar-refractivity contribution in [1.29, 1.82) is 0 Å². The first-order valence-electron chi connectivity index (χ1n) is 6.05.